The quantitative estimate of drug-likeness (QED) is 0.941. The van der Waals surface area contributed by atoms with Crippen molar-refractivity contribution < 1.29 is 9.53 Å². The van der Waals surface area contributed by atoms with Crippen molar-refractivity contribution in [3.63, 3.8) is 0 Å². The molecular formula is C16H21N5O2. The van der Waals surface area contributed by atoms with Gasteiger partial charge in [0.2, 0.25) is 0 Å². The molecule has 0 spiro atoms. The molecule has 0 aliphatic carbocycles. The number of ether oxygens (including phenoxy) is 1. The van der Waals surface area contributed by atoms with Crippen LogP contribution < -0.4 is 5.32 Å². The summed E-state index contributed by atoms with van der Waals surface area (Å²) >= 11 is 0. The summed E-state index contributed by atoms with van der Waals surface area (Å²) in [7, 11) is 1.41. The van der Waals surface area contributed by atoms with Crippen LogP contribution in [0.2, 0.25) is 0 Å². The summed E-state index contributed by atoms with van der Waals surface area (Å²) in [6, 6.07) is 3.93. The number of likely N-dealkylation sites (tertiary alicyclic amines) is 1. The molecule has 0 bridgehead atoms. The van der Waals surface area contributed by atoms with Crippen molar-refractivity contribution in [3.8, 4) is 5.69 Å². The Labute approximate surface area is 135 Å². The highest BCUT2D eigenvalue weighted by Gasteiger charge is 2.44. The maximum Gasteiger partial charge on any atom is 0.409 e. The average molecular weight is 315 g/mol. The first-order chi connectivity index (χ1) is 11.0. The van der Waals surface area contributed by atoms with E-state index in [1.165, 1.54) is 7.11 Å². The van der Waals surface area contributed by atoms with Crippen LogP contribution >= 0.6 is 0 Å². The van der Waals surface area contributed by atoms with E-state index in [0.717, 1.165) is 17.8 Å². The van der Waals surface area contributed by atoms with E-state index in [2.05, 4.69) is 15.4 Å². The molecule has 122 valence electrons. The number of anilines is 1. The van der Waals surface area contributed by atoms with Crippen LogP contribution in [-0.2, 0) is 4.74 Å². The van der Waals surface area contributed by atoms with Gasteiger partial charge in [0.15, 0.2) is 0 Å². The van der Waals surface area contributed by atoms with Gasteiger partial charge in [-0.1, -0.05) is 0 Å². The number of nitrogens with one attached hydrogen (secondary N) is 1. The first-order valence-electron chi connectivity index (χ1n) is 7.59. The number of nitrogens with zero attached hydrogens (tertiary/aromatic N) is 4. The highest BCUT2D eigenvalue weighted by Crippen LogP contribution is 2.32. The van der Waals surface area contributed by atoms with Gasteiger partial charge in [0.1, 0.15) is 0 Å². The lowest BCUT2D eigenvalue weighted by Crippen LogP contribution is -2.50. The molecule has 0 saturated carbocycles. The van der Waals surface area contributed by atoms with Crippen LogP contribution in [0.4, 0.5) is 10.5 Å². The van der Waals surface area contributed by atoms with Crippen LogP contribution in [0.3, 0.4) is 0 Å². The molecule has 3 heterocycles. The molecule has 1 aliphatic heterocycles. The number of hydrogen-bond donors (Lipinski definition) is 1. The lowest BCUT2D eigenvalue weighted by Gasteiger charge is -2.35. The van der Waals surface area contributed by atoms with Crippen LogP contribution in [0.15, 0.2) is 36.9 Å². The molecule has 2 aromatic heterocycles. The third-order valence-electron chi connectivity index (χ3n) is 4.44. The largest absolute Gasteiger partial charge is 0.453 e. The molecular weight excluding hydrogens is 294 g/mol. The number of rotatable bonds is 3. The van der Waals surface area contributed by atoms with E-state index in [0.29, 0.717) is 6.54 Å². The van der Waals surface area contributed by atoms with E-state index in [-0.39, 0.29) is 17.7 Å². The summed E-state index contributed by atoms with van der Waals surface area (Å²) in [6.45, 7) is 4.76. The summed E-state index contributed by atoms with van der Waals surface area (Å²) in [5, 5.41) is 7.85. The van der Waals surface area contributed by atoms with Crippen LogP contribution in [0.25, 0.3) is 5.69 Å². The predicted octanol–water partition coefficient (Wildman–Crippen LogP) is 2.30. The maximum absolute atomic E-state index is 11.9. The van der Waals surface area contributed by atoms with Gasteiger partial charge in [-0.25, -0.2) is 9.48 Å². The lowest BCUT2D eigenvalue weighted by molar-refractivity contribution is 0.0963. The van der Waals surface area contributed by atoms with E-state index >= 15 is 0 Å². The Hall–Kier alpha value is -2.57. The zero-order chi connectivity index (χ0) is 16.4. The summed E-state index contributed by atoms with van der Waals surface area (Å²) in [4.78, 5) is 17.6. The predicted molar refractivity (Wildman–Crippen MR) is 86.6 cm³/mol. The maximum atomic E-state index is 11.9. The fourth-order valence-corrected chi connectivity index (χ4v) is 3.01. The van der Waals surface area contributed by atoms with Crippen LogP contribution in [0.1, 0.15) is 20.3 Å². The van der Waals surface area contributed by atoms with Gasteiger partial charge in [-0.05, 0) is 32.4 Å². The van der Waals surface area contributed by atoms with E-state index < -0.39 is 0 Å². The van der Waals surface area contributed by atoms with Crippen molar-refractivity contribution in [1.82, 2.24) is 19.7 Å². The number of pyridine rings is 1. The molecule has 1 saturated heterocycles. The second kappa shape index (κ2) is 5.91. The van der Waals surface area contributed by atoms with Gasteiger partial charge in [-0.3, -0.25) is 4.98 Å². The van der Waals surface area contributed by atoms with Gasteiger partial charge >= 0.3 is 6.09 Å². The minimum Gasteiger partial charge on any atom is -0.453 e. The zero-order valence-electron chi connectivity index (χ0n) is 13.6. The number of methoxy groups -OCH3 is 1. The Morgan fingerprint density at radius 1 is 1.39 bits per heavy atom. The second-order valence-electron chi connectivity index (χ2n) is 6.14. The minimum absolute atomic E-state index is 0.136. The summed E-state index contributed by atoms with van der Waals surface area (Å²) in [5.41, 5.74) is 1.55. The fraction of sp³-hybridized carbons (Fsp3) is 0.438. The Balaban J connectivity index is 1.73. The molecule has 2 aromatic rings. The average Bonchev–Trinajstić information content (AvgIpc) is 3.13. The fourth-order valence-electron chi connectivity index (χ4n) is 3.01. The molecule has 1 unspecified atom stereocenters. The molecule has 7 nitrogen and oxygen atoms in total. The molecule has 1 N–H and O–H groups in total. The number of carbonyl (C=O) groups is 1. The lowest BCUT2D eigenvalue weighted by atomic mass is 9.96. The number of hydrogen-bond acceptors (Lipinski definition) is 5. The summed E-state index contributed by atoms with van der Waals surface area (Å²) in [6.07, 6.45) is 7.77. The van der Waals surface area contributed by atoms with Crippen molar-refractivity contribution in [3.05, 3.63) is 36.9 Å². The molecule has 1 aliphatic rings. The van der Waals surface area contributed by atoms with Crippen molar-refractivity contribution >= 4 is 11.8 Å². The Kier molecular flexibility index (Phi) is 3.94. The Bertz CT molecular complexity index is 683. The van der Waals surface area contributed by atoms with Crippen molar-refractivity contribution in [2.24, 2.45) is 0 Å². The third-order valence-corrected chi connectivity index (χ3v) is 4.44. The Morgan fingerprint density at radius 2 is 2.13 bits per heavy atom. The first-order valence-corrected chi connectivity index (χ1v) is 7.59. The van der Waals surface area contributed by atoms with E-state index in [1.807, 2.05) is 32.2 Å². The monoisotopic (exact) mass is 315 g/mol. The van der Waals surface area contributed by atoms with Crippen LogP contribution in [-0.4, -0.2) is 51.0 Å². The van der Waals surface area contributed by atoms with Crippen LogP contribution in [0.5, 0.6) is 0 Å². The standard InChI is InChI=1S/C16H21N5O2/c1-16(2)14(6-9-20(16)15(22)23-3)19-12-10-18-21(11-12)13-4-7-17-8-5-13/h4-5,7-8,10-11,14,19H,6,9H2,1-3H3. The van der Waals surface area contributed by atoms with Crippen molar-refractivity contribution in [2.75, 3.05) is 19.0 Å². The van der Waals surface area contributed by atoms with Gasteiger partial charge < -0.3 is 15.0 Å². The molecule has 7 heteroatoms. The van der Waals surface area contributed by atoms with Crippen molar-refractivity contribution in [1.29, 1.82) is 0 Å². The van der Waals surface area contributed by atoms with Gasteiger partial charge in [0.25, 0.3) is 0 Å². The first kappa shape index (κ1) is 15.3. The SMILES string of the molecule is COC(=O)N1CCC(Nc2cnn(-c3ccncc3)c2)C1(C)C. The molecule has 0 radical (unpaired) electrons. The highest BCUT2D eigenvalue weighted by atomic mass is 16.5. The molecule has 1 fully saturated rings. The summed E-state index contributed by atoms with van der Waals surface area (Å²) < 4.78 is 6.66. The smallest absolute Gasteiger partial charge is 0.409 e. The molecule has 1 amide bonds. The van der Waals surface area contributed by atoms with Crippen molar-refractivity contribution in [2.45, 2.75) is 31.8 Å². The van der Waals surface area contributed by atoms with Gasteiger partial charge in [0.05, 0.1) is 42.5 Å². The van der Waals surface area contributed by atoms with Gasteiger partial charge in [0, 0.05) is 18.9 Å². The minimum atomic E-state index is -0.328. The molecule has 3 rings (SSSR count). The molecule has 1 atom stereocenters. The Morgan fingerprint density at radius 3 is 2.83 bits per heavy atom. The topological polar surface area (TPSA) is 72.3 Å². The number of amides is 1. The van der Waals surface area contributed by atoms with Gasteiger partial charge in [-0.15, -0.1) is 0 Å². The van der Waals surface area contributed by atoms with E-state index in [1.54, 1.807) is 28.2 Å². The number of aromatic nitrogens is 3. The van der Waals surface area contributed by atoms with E-state index in [4.69, 9.17) is 4.74 Å². The zero-order valence-corrected chi connectivity index (χ0v) is 13.6. The van der Waals surface area contributed by atoms with E-state index in [9.17, 15) is 4.79 Å². The van der Waals surface area contributed by atoms with Gasteiger partial charge in [-0.2, -0.15) is 5.10 Å². The third kappa shape index (κ3) is 2.86. The normalized spacial score (nSPS) is 19.6. The highest BCUT2D eigenvalue weighted by molar-refractivity contribution is 5.69. The number of carbonyl (C=O) groups excluding carboxylic acids is 1. The molecule has 23 heavy (non-hydrogen) atoms. The second-order valence-corrected chi connectivity index (χ2v) is 6.14. The van der Waals surface area contributed by atoms with Crippen LogP contribution in [0, 0.1) is 0 Å². The summed E-state index contributed by atoms with van der Waals surface area (Å²) in [5.74, 6) is 0. The molecule has 0 aromatic carbocycles.